The van der Waals surface area contributed by atoms with E-state index < -0.39 is 29.3 Å². The number of hydrogen-bond donors (Lipinski definition) is 2. The van der Waals surface area contributed by atoms with Gasteiger partial charge in [-0.05, 0) is 19.1 Å². The van der Waals surface area contributed by atoms with E-state index in [-0.39, 0.29) is 23.9 Å². The van der Waals surface area contributed by atoms with Gasteiger partial charge in [-0.25, -0.2) is 9.18 Å². The van der Waals surface area contributed by atoms with Crippen LogP contribution in [0.1, 0.15) is 23.7 Å². The summed E-state index contributed by atoms with van der Waals surface area (Å²) in [5.74, 6) is -2.54. The number of nitrogens with zero attached hydrogens (tertiary/aromatic N) is 3. The Labute approximate surface area is 191 Å². The molecule has 33 heavy (non-hydrogen) atoms. The Morgan fingerprint density at radius 1 is 1.24 bits per heavy atom. The number of nitrogens with one attached hydrogen (secondary N) is 1. The van der Waals surface area contributed by atoms with Gasteiger partial charge in [-0.2, -0.15) is 0 Å². The van der Waals surface area contributed by atoms with E-state index in [4.69, 9.17) is 4.74 Å². The molecule has 1 fully saturated rings. The standard InChI is InChI=1S/C23H31FN4O5/c1-5-26-13-17(23(32)33-15(10-21(29)30)14-28(2,3)4)22(31)16-11-18(24)20(12-19(16)26)27-8-6-25-7-9-27/h11-13,15,25H,5-10,14H2,1-4H3/p+1. The first-order valence-electron chi connectivity index (χ1n) is 11.1. The molecule has 9 nitrogen and oxygen atoms in total. The Kier molecular flexibility index (Phi) is 7.38. The second-order valence-corrected chi connectivity index (χ2v) is 9.31. The minimum atomic E-state index is -1.10. The Balaban J connectivity index is 2.01. The summed E-state index contributed by atoms with van der Waals surface area (Å²) in [5.41, 5.74) is 0.0769. The number of piperazine rings is 1. The van der Waals surface area contributed by atoms with Crippen molar-refractivity contribution in [1.82, 2.24) is 9.88 Å². The average molecular weight is 464 g/mol. The Hall–Kier alpha value is -2.98. The summed E-state index contributed by atoms with van der Waals surface area (Å²) in [6.07, 6.45) is 0.127. The largest absolute Gasteiger partial charge is 0.481 e. The predicted octanol–water partition coefficient (Wildman–Crippen LogP) is 1.28. The van der Waals surface area contributed by atoms with Crippen molar-refractivity contribution in [3.63, 3.8) is 0 Å². The molecule has 2 N–H and O–H groups in total. The van der Waals surface area contributed by atoms with Gasteiger partial charge in [-0.1, -0.05) is 0 Å². The summed E-state index contributed by atoms with van der Waals surface area (Å²) in [7, 11) is 5.55. The first-order chi connectivity index (χ1) is 15.5. The van der Waals surface area contributed by atoms with E-state index in [9.17, 15) is 23.9 Å². The fourth-order valence-electron chi connectivity index (χ4n) is 4.12. The number of fused-ring (bicyclic) bond motifs is 1. The SMILES string of the molecule is CCn1cc(C(=O)OC(CC(=O)O)C[N+](C)(C)C)c(=O)c2cc(F)c(N3CCNCC3)cc21. The molecule has 0 saturated carbocycles. The second kappa shape index (κ2) is 9.88. The van der Waals surface area contributed by atoms with Crippen LogP contribution < -0.4 is 15.6 Å². The van der Waals surface area contributed by atoms with Gasteiger partial charge in [0.25, 0.3) is 0 Å². The van der Waals surface area contributed by atoms with Crippen LogP contribution in [0.2, 0.25) is 0 Å². The van der Waals surface area contributed by atoms with Gasteiger partial charge in [-0.3, -0.25) is 9.59 Å². The number of rotatable bonds is 8. The third-order valence-electron chi connectivity index (χ3n) is 5.59. The maximum Gasteiger partial charge on any atom is 0.344 e. The first-order valence-corrected chi connectivity index (χ1v) is 11.1. The normalized spacial score (nSPS) is 15.5. The zero-order chi connectivity index (χ0) is 24.3. The molecule has 1 aliphatic rings. The maximum absolute atomic E-state index is 15.0. The molecule has 1 unspecified atom stereocenters. The summed E-state index contributed by atoms with van der Waals surface area (Å²) in [5, 5.41) is 12.5. The number of ether oxygens (including phenoxy) is 1. The van der Waals surface area contributed by atoms with E-state index in [0.717, 1.165) is 13.1 Å². The number of aliphatic carboxylic acids is 1. The fourth-order valence-corrected chi connectivity index (χ4v) is 4.12. The number of halogens is 1. The Morgan fingerprint density at radius 2 is 1.91 bits per heavy atom. The van der Waals surface area contributed by atoms with Gasteiger partial charge in [0.1, 0.15) is 17.9 Å². The second-order valence-electron chi connectivity index (χ2n) is 9.31. The third kappa shape index (κ3) is 5.88. The molecule has 0 radical (unpaired) electrons. The highest BCUT2D eigenvalue weighted by Gasteiger charge is 2.27. The lowest BCUT2D eigenvalue weighted by atomic mass is 10.1. The molecular formula is C23H32FN4O5+. The number of carboxylic acid groups (broad SMARTS) is 1. The lowest BCUT2D eigenvalue weighted by Gasteiger charge is -2.30. The molecule has 3 rings (SSSR count). The van der Waals surface area contributed by atoms with E-state index in [1.165, 1.54) is 12.3 Å². The minimum absolute atomic E-state index is 0.0871. The van der Waals surface area contributed by atoms with E-state index in [0.29, 0.717) is 35.3 Å². The van der Waals surface area contributed by atoms with E-state index in [2.05, 4.69) is 5.32 Å². The molecule has 1 aromatic carbocycles. The summed E-state index contributed by atoms with van der Waals surface area (Å²) < 4.78 is 22.5. The number of carbonyl (C=O) groups excluding carboxylic acids is 1. The average Bonchev–Trinajstić information content (AvgIpc) is 2.73. The molecule has 180 valence electrons. The van der Waals surface area contributed by atoms with Gasteiger partial charge in [0.15, 0.2) is 6.10 Å². The molecule has 0 aliphatic carbocycles. The molecule has 0 bridgehead atoms. The van der Waals surface area contributed by atoms with Crippen LogP contribution in [0.25, 0.3) is 10.9 Å². The number of esters is 1. The van der Waals surface area contributed by atoms with Crippen LogP contribution in [0.4, 0.5) is 10.1 Å². The molecule has 0 spiro atoms. The van der Waals surface area contributed by atoms with Gasteiger partial charge in [0, 0.05) is 44.3 Å². The molecule has 10 heteroatoms. The van der Waals surface area contributed by atoms with Crippen molar-refractivity contribution in [1.29, 1.82) is 0 Å². The number of quaternary nitrogens is 1. The number of aryl methyl sites for hydroxylation is 1. The Morgan fingerprint density at radius 3 is 2.48 bits per heavy atom. The van der Waals surface area contributed by atoms with Crippen molar-refractivity contribution in [3.05, 3.63) is 39.9 Å². The van der Waals surface area contributed by atoms with Gasteiger partial charge < -0.3 is 29.1 Å². The quantitative estimate of drug-likeness (QED) is 0.449. The van der Waals surface area contributed by atoms with Crippen molar-refractivity contribution in [2.45, 2.75) is 26.0 Å². The number of carbonyl (C=O) groups is 2. The van der Waals surface area contributed by atoms with Crippen molar-refractivity contribution < 1.29 is 28.3 Å². The van der Waals surface area contributed by atoms with Crippen LogP contribution >= 0.6 is 0 Å². The van der Waals surface area contributed by atoms with Crippen LogP contribution in [-0.4, -0.2) is 86.1 Å². The highest BCUT2D eigenvalue weighted by molar-refractivity contribution is 5.94. The number of benzene rings is 1. The van der Waals surface area contributed by atoms with Crippen LogP contribution in [0.15, 0.2) is 23.1 Å². The predicted molar refractivity (Wildman–Crippen MR) is 123 cm³/mol. The zero-order valence-corrected chi connectivity index (χ0v) is 19.6. The highest BCUT2D eigenvalue weighted by Crippen LogP contribution is 2.26. The molecular weight excluding hydrogens is 431 g/mol. The van der Waals surface area contributed by atoms with Crippen molar-refractivity contribution in [2.75, 3.05) is 58.8 Å². The summed E-state index contributed by atoms with van der Waals surface area (Å²) in [4.78, 5) is 39.2. The third-order valence-corrected chi connectivity index (χ3v) is 5.59. The van der Waals surface area contributed by atoms with Crippen LogP contribution in [0, 0.1) is 5.82 Å². The highest BCUT2D eigenvalue weighted by atomic mass is 19.1. The number of aromatic nitrogens is 1. The summed E-state index contributed by atoms with van der Waals surface area (Å²) in [6, 6.07) is 2.83. The zero-order valence-electron chi connectivity index (χ0n) is 19.6. The van der Waals surface area contributed by atoms with Crippen molar-refractivity contribution >= 4 is 28.5 Å². The summed E-state index contributed by atoms with van der Waals surface area (Å²) in [6.45, 7) is 5.36. The topological polar surface area (TPSA) is 101 Å². The number of carboxylic acids is 1. The molecule has 1 atom stereocenters. The number of anilines is 1. The number of likely N-dealkylation sites (N-methyl/N-ethyl adjacent to an activating group) is 1. The fraction of sp³-hybridized carbons (Fsp3) is 0.522. The first kappa shape index (κ1) is 24.7. The van der Waals surface area contributed by atoms with Crippen LogP contribution in [0.5, 0.6) is 0 Å². The van der Waals surface area contributed by atoms with Gasteiger partial charge >= 0.3 is 11.9 Å². The molecule has 2 heterocycles. The van der Waals surface area contributed by atoms with E-state index in [1.54, 1.807) is 10.6 Å². The van der Waals surface area contributed by atoms with Crippen molar-refractivity contribution in [2.24, 2.45) is 0 Å². The van der Waals surface area contributed by atoms with E-state index in [1.807, 2.05) is 33.0 Å². The van der Waals surface area contributed by atoms with E-state index >= 15 is 0 Å². The molecule has 1 aliphatic heterocycles. The monoisotopic (exact) mass is 463 g/mol. The minimum Gasteiger partial charge on any atom is -0.481 e. The number of hydrogen-bond acceptors (Lipinski definition) is 6. The number of pyridine rings is 1. The lowest BCUT2D eigenvalue weighted by molar-refractivity contribution is -0.873. The molecule has 2 aromatic rings. The lowest BCUT2D eigenvalue weighted by Crippen LogP contribution is -2.44. The van der Waals surface area contributed by atoms with Gasteiger partial charge in [0.2, 0.25) is 5.43 Å². The van der Waals surface area contributed by atoms with Gasteiger partial charge in [-0.15, -0.1) is 0 Å². The molecule has 1 saturated heterocycles. The summed E-state index contributed by atoms with van der Waals surface area (Å²) >= 11 is 0. The van der Waals surface area contributed by atoms with Crippen LogP contribution in [0.3, 0.4) is 0 Å². The smallest absolute Gasteiger partial charge is 0.344 e. The Bertz CT molecular complexity index is 1100. The molecule has 1 aromatic heterocycles. The van der Waals surface area contributed by atoms with Gasteiger partial charge in [0.05, 0.1) is 38.8 Å². The van der Waals surface area contributed by atoms with Crippen LogP contribution in [-0.2, 0) is 16.1 Å². The maximum atomic E-state index is 15.0. The van der Waals surface area contributed by atoms with Crippen molar-refractivity contribution in [3.8, 4) is 0 Å². The molecule has 0 amide bonds.